The van der Waals surface area contributed by atoms with Gasteiger partial charge in [0.2, 0.25) is 0 Å². The molecule has 156 valence electrons. The highest BCUT2D eigenvalue weighted by Crippen LogP contribution is 2.45. The Kier molecular flexibility index (Phi) is 5.06. The summed E-state index contributed by atoms with van der Waals surface area (Å²) in [5.41, 5.74) is 1.35. The predicted molar refractivity (Wildman–Crippen MR) is 122 cm³/mol. The van der Waals surface area contributed by atoms with E-state index in [-0.39, 0.29) is 0 Å². The van der Waals surface area contributed by atoms with Gasteiger partial charge < -0.3 is 9.47 Å². The number of rotatable bonds is 5. The van der Waals surface area contributed by atoms with Gasteiger partial charge in [0.25, 0.3) is 5.57 Å². The summed E-state index contributed by atoms with van der Waals surface area (Å²) in [7, 11) is -0.751. The molecule has 0 bridgehead atoms. The minimum atomic E-state index is -0.751. The average Bonchev–Trinajstić information content (AvgIpc) is 3.43. The number of ether oxygens (including phenoxy) is 2. The van der Waals surface area contributed by atoms with E-state index >= 15 is 0 Å². The van der Waals surface area contributed by atoms with E-state index in [0.717, 1.165) is 25.0 Å². The second-order valence-corrected chi connectivity index (χ2v) is 11.0. The van der Waals surface area contributed by atoms with E-state index < -0.39 is 7.92 Å². The lowest BCUT2D eigenvalue weighted by atomic mass is 10.1. The van der Waals surface area contributed by atoms with Crippen molar-refractivity contribution in [3.05, 3.63) is 60.7 Å². The van der Waals surface area contributed by atoms with Gasteiger partial charge in [0.1, 0.15) is 25.3 Å². The van der Waals surface area contributed by atoms with Crippen LogP contribution in [-0.2, 0) is 0 Å². The summed E-state index contributed by atoms with van der Waals surface area (Å²) in [6, 6.07) is 22.5. The fraction of sp³-hybridized carbons (Fsp3) is 0.400. The van der Waals surface area contributed by atoms with E-state index in [2.05, 4.69) is 97.5 Å². The monoisotopic (exact) mass is 421 g/mol. The molecule has 0 unspecified atom stereocenters. The molecule has 3 heterocycles. The first-order chi connectivity index (χ1) is 14.6. The number of aromatic nitrogens is 2. The SMILES string of the molecule is CC(C)[C@H]1COc2c3[n+](c(P(c4ccccc4)c4ccccc4)n21)[C@@H](C(C)C)CO3. The predicted octanol–water partition coefficient (Wildman–Crippen LogP) is 3.71. The van der Waals surface area contributed by atoms with Gasteiger partial charge >= 0.3 is 11.8 Å². The van der Waals surface area contributed by atoms with Crippen LogP contribution >= 0.6 is 7.92 Å². The molecule has 30 heavy (non-hydrogen) atoms. The van der Waals surface area contributed by atoms with Crippen LogP contribution in [0.4, 0.5) is 0 Å². The first-order valence-corrected chi connectivity index (χ1v) is 12.3. The van der Waals surface area contributed by atoms with Gasteiger partial charge in [0.15, 0.2) is 0 Å². The second kappa shape index (κ2) is 7.74. The summed E-state index contributed by atoms with van der Waals surface area (Å²) in [4.78, 5) is 0. The first kappa shape index (κ1) is 19.6. The zero-order chi connectivity index (χ0) is 20.8. The van der Waals surface area contributed by atoms with Crippen LogP contribution in [-0.4, -0.2) is 17.8 Å². The van der Waals surface area contributed by atoms with Crippen LogP contribution in [0.2, 0.25) is 0 Å². The van der Waals surface area contributed by atoms with Crippen LogP contribution in [0, 0.1) is 11.8 Å². The first-order valence-electron chi connectivity index (χ1n) is 10.9. The summed E-state index contributed by atoms with van der Waals surface area (Å²) in [5.74, 6) is 2.82. The molecular formula is C25H30N2O2P+. The van der Waals surface area contributed by atoms with E-state index in [1.54, 1.807) is 0 Å². The number of fused-ring (bicyclic) bond motifs is 3. The third-order valence-electron chi connectivity index (χ3n) is 6.26. The number of hydrogen-bond acceptors (Lipinski definition) is 2. The van der Waals surface area contributed by atoms with E-state index in [1.807, 2.05) is 0 Å². The van der Waals surface area contributed by atoms with Crippen LogP contribution in [0.1, 0.15) is 39.8 Å². The van der Waals surface area contributed by atoms with E-state index in [1.165, 1.54) is 16.2 Å². The Bertz CT molecular complexity index is 949. The smallest absolute Gasteiger partial charge is 0.373 e. The molecule has 0 radical (unpaired) electrons. The third-order valence-corrected chi connectivity index (χ3v) is 8.72. The van der Waals surface area contributed by atoms with Gasteiger partial charge in [-0.2, -0.15) is 9.13 Å². The molecule has 0 N–H and O–H groups in total. The molecular weight excluding hydrogens is 391 g/mol. The van der Waals surface area contributed by atoms with Crippen molar-refractivity contribution in [3.8, 4) is 11.8 Å². The van der Waals surface area contributed by atoms with Crippen LogP contribution in [0.5, 0.6) is 11.8 Å². The fourth-order valence-corrected chi connectivity index (χ4v) is 7.18. The highest BCUT2D eigenvalue weighted by molar-refractivity contribution is 7.79. The molecule has 2 aliphatic heterocycles. The lowest BCUT2D eigenvalue weighted by molar-refractivity contribution is -0.693. The maximum atomic E-state index is 6.27. The molecule has 0 saturated heterocycles. The average molecular weight is 422 g/mol. The van der Waals surface area contributed by atoms with Crippen molar-refractivity contribution in [2.75, 3.05) is 13.2 Å². The Morgan fingerprint density at radius 3 is 1.97 bits per heavy atom. The molecule has 0 amide bonds. The maximum Gasteiger partial charge on any atom is 0.373 e. The van der Waals surface area contributed by atoms with Crippen LogP contribution < -0.4 is 30.2 Å². The van der Waals surface area contributed by atoms with Gasteiger partial charge in [-0.15, -0.1) is 0 Å². The normalized spacial score (nSPS) is 19.8. The maximum absolute atomic E-state index is 6.27. The van der Waals surface area contributed by atoms with Crippen molar-refractivity contribution in [3.63, 3.8) is 0 Å². The van der Waals surface area contributed by atoms with Crippen molar-refractivity contribution in [1.29, 1.82) is 0 Å². The molecule has 3 aromatic rings. The van der Waals surface area contributed by atoms with E-state index in [4.69, 9.17) is 9.47 Å². The van der Waals surface area contributed by atoms with Crippen molar-refractivity contribution in [1.82, 2.24) is 4.57 Å². The molecule has 0 spiro atoms. The van der Waals surface area contributed by atoms with E-state index in [9.17, 15) is 0 Å². The Hall–Kier alpha value is -2.32. The molecule has 0 fully saturated rings. The van der Waals surface area contributed by atoms with Crippen LogP contribution in [0.15, 0.2) is 60.7 Å². The number of nitrogens with zero attached hydrogens (tertiary/aromatic N) is 2. The Morgan fingerprint density at radius 1 is 0.833 bits per heavy atom. The summed E-state index contributed by atoms with van der Waals surface area (Å²) in [5, 5.41) is 2.72. The largest absolute Gasteiger partial charge is 0.452 e. The quantitative estimate of drug-likeness (QED) is 0.464. The van der Waals surface area contributed by atoms with Gasteiger partial charge in [-0.05, 0) is 22.4 Å². The van der Waals surface area contributed by atoms with Gasteiger partial charge in [0, 0.05) is 0 Å². The summed E-state index contributed by atoms with van der Waals surface area (Å²) < 4.78 is 17.5. The summed E-state index contributed by atoms with van der Waals surface area (Å²) >= 11 is 0. The molecule has 5 heteroatoms. The van der Waals surface area contributed by atoms with Crippen molar-refractivity contribution in [2.45, 2.75) is 39.8 Å². The Morgan fingerprint density at radius 2 is 1.43 bits per heavy atom. The topological polar surface area (TPSA) is 27.3 Å². The van der Waals surface area contributed by atoms with Crippen LogP contribution in [0.3, 0.4) is 0 Å². The third kappa shape index (κ3) is 3.04. The second-order valence-electron chi connectivity index (χ2n) is 8.90. The summed E-state index contributed by atoms with van der Waals surface area (Å²) in [6.07, 6.45) is 0. The molecule has 5 rings (SSSR count). The minimum Gasteiger partial charge on any atom is -0.452 e. The molecule has 0 saturated carbocycles. The standard InChI is InChI=1S/C25H30N2O2P/c1-17(2)21-15-28-23-24-27(22(16-29-24)18(3)4)25(26(21)23)30(19-11-7-5-8-12-19)20-13-9-6-10-14-20/h5-14,17-18,21-22H,15-16H2,1-4H3/q+1/t21-,22-/m1/s1. The highest BCUT2D eigenvalue weighted by atomic mass is 31.1. The number of imidazole rings is 1. The van der Waals surface area contributed by atoms with Crippen LogP contribution in [0.25, 0.3) is 0 Å². The minimum absolute atomic E-state index is 0.321. The van der Waals surface area contributed by atoms with Gasteiger partial charge in [-0.3, -0.25) is 0 Å². The van der Waals surface area contributed by atoms with E-state index in [0.29, 0.717) is 23.9 Å². The number of benzene rings is 2. The zero-order valence-electron chi connectivity index (χ0n) is 18.2. The molecule has 4 nitrogen and oxygen atoms in total. The van der Waals surface area contributed by atoms with Crippen molar-refractivity contribution < 1.29 is 14.0 Å². The van der Waals surface area contributed by atoms with Crippen molar-refractivity contribution in [2.24, 2.45) is 11.8 Å². The highest BCUT2D eigenvalue weighted by Gasteiger charge is 2.52. The Labute approximate surface area is 180 Å². The van der Waals surface area contributed by atoms with Crippen molar-refractivity contribution >= 4 is 24.1 Å². The number of hydrogen-bond donors (Lipinski definition) is 0. The molecule has 2 aliphatic rings. The molecule has 1 aromatic heterocycles. The van der Waals surface area contributed by atoms with Gasteiger partial charge in [0.05, 0.1) is 7.92 Å². The molecule has 0 aliphatic carbocycles. The lowest BCUT2D eigenvalue weighted by Gasteiger charge is -2.21. The lowest BCUT2D eigenvalue weighted by Crippen LogP contribution is -2.54. The molecule has 2 atom stereocenters. The Balaban J connectivity index is 1.81. The summed E-state index contributed by atoms with van der Waals surface area (Å²) in [6.45, 7) is 10.6. The van der Waals surface area contributed by atoms with Gasteiger partial charge in [-0.1, -0.05) is 88.4 Å². The molecule has 2 aromatic carbocycles. The zero-order valence-corrected chi connectivity index (χ0v) is 19.0. The van der Waals surface area contributed by atoms with Gasteiger partial charge in [-0.25, -0.2) is 0 Å². The fourth-order valence-electron chi connectivity index (χ4n) is 4.57.